The van der Waals surface area contributed by atoms with Gasteiger partial charge in [0, 0.05) is 29.6 Å². The van der Waals surface area contributed by atoms with E-state index >= 15 is 0 Å². The number of nitrogens with zero attached hydrogens (tertiary/aromatic N) is 2. The number of H-pyrrole nitrogens is 1. The van der Waals surface area contributed by atoms with E-state index in [1.165, 1.54) is 4.90 Å². The van der Waals surface area contributed by atoms with Crippen molar-refractivity contribution in [2.24, 2.45) is 0 Å². The van der Waals surface area contributed by atoms with Crippen LogP contribution >= 0.6 is 0 Å². The fraction of sp³-hybridized carbons (Fsp3) is 0.385. The maximum Gasteiger partial charge on any atom is 0.328 e. The van der Waals surface area contributed by atoms with Crippen molar-refractivity contribution in [3.63, 3.8) is 0 Å². The lowest BCUT2D eigenvalue weighted by atomic mass is 9.81. The van der Waals surface area contributed by atoms with Gasteiger partial charge in [-0.25, -0.2) is 4.79 Å². The van der Waals surface area contributed by atoms with Crippen molar-refractivity contribution in [2.75, 3.05) is 26.7 Å². The number of nitrogens with one attached hydrogen (secondary N) is 2. The summed E-state index contributed by atoms with van der Waals surface area (Å²) in [5, 5.41) is 14.5. The Bertz CT molecular complexity index is 1270. The molecule has 3 amide bonds. The number of ether oxygens (including phenoxy) is 1. The molecule has 3 heterocycles. The first-order chi connectivity index (χ1) is 16.4. The SMILES string of the molecule is CCNCCCN1C(=O)N2[C@H](c3cccc(O)c3)c3[nH]c4ccc(OC)cc4c3C[C@@]2(C)C1=O. The molecule has 0 aliphatic carbocycles. The molecule has 1 aromatic heterocycles. The molecule has 3 aromatic rings. The summed E-state index contributed by atoms with van der Waals surface area (Å²) < 4.78 is 5.45. The average Bonchev–Trinajstić information content (AvgIpc) is 3.27. The summed E-state index contributed by atoms with van der Waals surface area (Å²) in [6.07, 6.45) is 1.09. The lowest BCUT2D eigenvalue weighted by Gasteiger charge is -2.42. The third-order valence-electron chi connectivity index (χ3n) is 7.04. The number of aromatic amines is 1. The minimum atomic E-state index is -1.03. The van der Waals surface area contributed by atoms with Gasteiger partial charge in [-0.15, -0.1) is 0 Å². The second-order valence-corrected chi connectivity index (χ2v) is 9.19. The van der Waals surface area contributed by atoms with Gasteiger partial charge in [-0.1, -0.05) is 19.1 Å². The number of hydrogen-bond donors (Lipinski definition) is 3. The van der Waals surface area contributed by atoms with Crippen LogP contribution in [0.1, 0.15) is 43.1 Å². The van der Waals surface area contributed by atoms with Crippen molar-refractivity contribution in [1.29, 1.82) is 0 Å². The van der Waals surface area contributed by atoms with E-state index in [1.54, 1.807) is 30.2 Å². The minimum Gasteiger partial charge on any atom is -0.508 e. The number of amides is 3. The van der Waals surface area contributed by atoms with Crippen LogP contribution in [0.5, 0.6) is 11.5 Å². The molecule has 1 fully saturated rings. The molecule has 2 atom stereocenters. The van der Waals surface area contributed by atoms with Gasteiger partial charge in [-0.3, -0.25) is 14.6 Å². The predicted octanol–water partition coefficient (Wildman–Crippen LogP) is 3.55. The molecule has 8 nitrogen and oxygen atoms in total. The summed E-state index contributed by atoms with van der Waals surface area (Å²) in [5.74, 6) is 0.668. The van der Waals surface area contributed by atoms with E-state index in [1.807, 2.05) is 38.1 Å². The highest BCUT2D eigenvalue weighted by Gasteiger charge is 2.60. The Labute approximate surface area is 198 Å². The molecule has 3 N–H and O–H groups in total. The Hall–Kier alpha value is -3.52. The molecule has 2 aromatic carbocycles. The molecular formula is C26H30N4O4. The third kappa shape index (κ3) is 3.32. The second-order valence-electron chi connectivity index (χ2n) is 9.19. The number of hydrogen-bond acceptors (Lipinski definition) is 5. The zero-order valence-electron chi connectivity index (χ0n) is 19.7. The number of imide groups is 1. The lowest BCUT2D eigenvalue weighted by molar-refractivity contribution is -0.133. The Morgan fingerprint density at radius 1 is 1.24 bits per heavy atom. The van der Waals surface area contributed by atoms with Crippen LogP contribution in [0, 0.1) is 0 Å². The Morgan fingerprint density at radius 2 is 2.06 bits per heavy atom. The minimum absolute atomic E-state index is 0.115. The van der Waals surface area contributed by atoms with E-state index in [0.29, 0.717) is 19.4 Å². The highest BCUT2D eigenvalue weighted by atomic mass is 16.5. The van der Waals surface area contributed by atoms with Gasteiger partial charge in [-0.2, -0.15) is 0 Å². The van der Waals surface area contributed by atoms with Crippen LogP contribution in [0.2, 0.25) is 0 Å². The summed E-state index contributed by atoms with van der Waals surface area (Å²) in [7, 11) is 1.63. The van der Waals surface area contributed by atoms with E-state index in [0.717, 1.165) is 46.6 Å². The number of phenolic OH excluding ortho intramolecular Hbond substituents is 1. The standard InChI is InChI=1S/C26H30N4O4/c1-4-27-11-6-12-29-24(32)26(2)15-20-19-14-18(34-3)9-10-21(19)28-22(20)23(30(26)25(29)33)16-7-5-8-17(31)13-16/h5,7-10,13-14,23,27-28,31H,4,6,11-12,15H2,1-3H3/t23-,26+/m1/s1. The molecule has 0 saturated carbocycles. The fourth-order valence-electron chi connectivity index (χ4n) is 5.40. The highest BCUT2D eigenvalue weighted by Crippen LogP contribution is 2.49. The molecule has 2 aliphatic heterocycles. The third-order valence-corrected chi connectivity index (χ3v) is 7.04. The van der Waals surface area contributed by atoms with E-state index in [-0.39, 0.29) is 17.7 Å². The number of phenols is 1. The number of fused-ring (bicyclic) bond motifs is 4. The molecule has 0 bridgehead atoms. The summed E-state index contributed by atoms with van der Waals surface area (Å²) >= 11 is 0. The van der Waals surface area contributed by atoms with Crippen molar-refractivity contribution in [3.05, 3.63) is 59.3 Å². The predicted molar refractivity (Wildman–Crippen MR) is 129 cm³/mol. The van der Waals surface area contributed by atoms with Crippen molar-refractivity contribution >= 4 is 22.8 Å². The van der Waals surface area contributed by atoms with Crippen LogP contribution in [-0.2, 0) is 11.2 Å². The molecule has 1 saturated heterocycles. The first-order valence-electron chi connectivity index (χ1n) is 11.7. The van der Waals surface area contributed by atoms with Crippen molar-refractivity contribution in [3.8, 4) is 11.5 Å². The number of benzene rings is 2. The summed E-state index contributed by atoms with van der Waals surface area (Å²) in [6, 6.07) is 11.9. The number of aromatic nitrogens is 1. The Kier molecular flexibility index (Phi) is 5.48. The van der Waals surface area contributed by atoms with Gasteiger partial charge in [0.25, 0.3) is 5.91 Å². The van der Waals surface area contributed by atoms with Crippen LogP contribution in [-0.4, -0.2) is 64.1 Å². The fourth-order valence-corrected chi connectivity index (χ4v) is 5.40. The lowest BCUT2D eigenvalue weighted by Crippen LogP contribution is -2.53. The zero-order chi connectivity index (χ0) is 24.0. The Morgan fingerprint density at radius 3 is 2.79 bits per heavy atom. The number of rotatable bonds is 7. The molecule has 2 aliphatic rings. The Balaban J connectivity index is 1.65. The molecule has 8 heteroatoms. The molecule has 0 spiro atoms. The maximum absolute atomic E-state index is 13.7. The van der Waals surface area contributed by atoms with Gasteiger partial charge in [0.05, 0.1) is 7.11 Å². The first kappa shape index (κ1) is 22.3. The summed E-state index contributed by atoms with van der Waals surface area (Å²) in [5.41, 5.74) is 2.50. The largest absolute Gasteiger partial charge is 0.508 e. The van der Waals surface area contributed by atoms with E-state index < -0.39 is 11.6 Å². The van der Waals surface area contributed by atoms with Gasteiger partial charge >= 0.3 is 6.03 Å². The smallest absolute Gasteiger partial charge is 0.328 e. The number of aromatic hydroxyl groups is 1. The maximum atomic E-state index is 13.7. The number of carbonyl (C=O) groups is 2. The van der Waals surface area contributed by atoms with Gasteiger partial charge < -0.3 is 20.1 Å². The molecular weight excluding hydrogens is 432 g/mol. The van der Waals surface area contributed by atoms with Gasteiger partial charge in [0.1, 0.15) is 23.1 Å². The van der Waals surface area contributed by atoms with Crippen LogP contribution in [0.15, 0.2) is 42.5 Å². The van der Waals surface area contributed by atoms with Crippen LogP contribution < -0.4 is 10.1 Å². The monoisotopic (exact) mass is 462 g/mol. The molecule has 5 rings (SSSR count). The van der Waals surface area contributed by atoms with Crippen LogP contribution in [0.3, 0.4) is 0 Å². The molecule has 0 unspecified atom stereocenters. The van der Waals surface area contributed by atoms with E-state index in [2.05, 4.69) is 10.3 Å². The quantitative estimate of drug-likeness (QED) is 0.369. The molecule has 178 valence electrons. The van der Waals surface area contributed by atoms with Crippen LogP contribution in [0.4, 0.5) is 4.79 Å². The zero-order valence-corrected chi connectivity index (χ0v) is 19.7. The van der Waals surface area contributed by atoms with Crippen LogP contribution in [0.25, 0.3) is 10.9 Å². The van der Waals surface area contributed by atoms with Gasteiger partial charge in [0.2, 0.25) is 0 Å². The number of carbonyl (C=O) groups excluding carboxylic acids is 2. The molecule has 34 heavy (non-hydrogen) atoms. The number of urea groups is 1. The topological polar surface area (TPSA) is 97.9 Å². The van der Waals surface area contributed by atoms with Crippen molar-refractivity contribution in [1.82, 2.24) is 20.1 Å². The average molecular weight is 463 g/mol. The summed E-state index contributed by atoms with van der Waals surface area (Å²) in [6.45, 7) is 5.84. The number of methoxy groups -OCH3 is 1. The van der Waals surface area contributed by atoms with Crippen molar-refractivity contribution < 1.29 is 19.4 Å². The van der Waals surface area contributed by atoms with Gasteiger partial charge in [0.15, 0.2) is 0 Å². The highest BCUT2D eigenvalue weighted by molar-refractivity contribution is 6.08. The van der Waals surface area contributed by atoms with Crippen molar-refractivity contribution in [2.45, 2.75) is 38.3 Å². The van der Waals surface area contributed by atoms with Gasteiger partial charge in [-0.05, 0) is 67.9 Å². The normalized spacial score (nSPS) is 21.8. The van der Waals surface area contributed by atoms with E-state index in [4.69, 9.17) is 4.74 Å². The molecule has 0 radical (unpaired) electrons. The summed E-state index contributed by atoms with van der Waals surface area (Å²) in [4.78, 5) is 34.1. The first-order valence-corrected chi connectivity index (χ1v) is 11.7. The second kappa shape index (κ2) is 8.36. The van der Waals surface area contributed by atoms with E-state index in [9.17, 15) is 14.7 Å².